The number of hydrogen-bond acceptors (Lipinski definition) is 3. The number of unbranched alkanes of at least 4 members (excludes halogenated alkanes) is 1. The number of ether oxygens (including phenoxy) is 1. The van der Waals surface area contributed by atoms with Crippen LogP contribution in [0.5, 0.6) is 0 Å². The van der Waals surface area contributed by atoms with E-state index in [-0.39, 0.29) is 5.41 Å². The van der Waals surface area contributed by atoms with Gasteiger partial charge in [-0.1, -0.05) is 52.7 Å². The van der Waals surface area contributed by atoms with Crippen molar-refractivity contribution < 1.29 is 14.3 Å². The molecule has 0 heterocycles. The number of carbonyl (C=O) groups excluding carboxylic acids is 2. The van der Waals surface area contributed by atoms with Crippen molar-refractivity contribution in [3.8, 4) is 0 Å². The first kappa shape index (κ1) is 20.4. The van der Waals surface area contributed by atoms with Crippen molar-refractivity contribution in [3.05, 3.63) is 24.3 Å². The molecule has 3 nitrogen and oxygen atoms in total. The summed E-state index contributed by atoms with van der Waals surface area (Å²) in [4.78, 5) is 25.1. The van der Waals surface area contributed by atoms with Crippen LogP contribution in [0.1, 0.15) is 84.5 Å². The smallest absolute Gasteiger partial charge is 0.341 e. The molecule has 27 heavy (non-hydrogen) atoms. The minimum Gasteiger partial charge on any atom is -0.386 e. The van der Waals surface area contributed by atoms with Crippen LogP contribution in [-0.4, -0.2) is 11.9 Å². The largest absolute Gasteiger partial charge is 0.386 e. The van der Waals surface area contributed by atoms with Gasteiger partial charge in [0.15, 0.2) is 0 Å². The lowest BCUT2D eigenvalue weighted by atomic mass is 9.48. The van der Waals surface area contributed by atoms with E-state index in [4.69, 9.17) is 4.74 Å². The summed E-state index contributed by atoms with van der Waals surface area (Å²) in [5.74, 6) is 1.57. The molecule has 4 bridgehead atoms. The Balaban J connectivity index is 1.56. The van der Waals surface area contributed by atoms with E-state index in [9.17, 15) is 9.59 Å². The highest BCUT2D eigenvalue weighted by molar-refractivity contribution is 6.02. The monoisotopic (exact) mass is 372 g/mol. The Morgan fingerprint density at radius 1 is 1.00 bits per heavy atom. The molecule has 0 aromatic carbocycles. The van der Waals surface area contributed by atoms with Crippen LogP contribution in [-0.2, 0) is 14.3 Å². The van der Waals surface area contributed by atoms with Gasteiger partial charge in [0.05, 0.1) is 0 Å². The van der Waals surface area contributed by atoms with Crippen molar-refractivity contribution in [2.24, 2.45) is 29.1 Å². The lowest BCUT2D eigenvalue weighted by molar-refractivity contribution is -0.156. The zero-order valence-electron chi connectivity index (χ0n) is 17.2. The Kier molecular flexibility index (Phi) is 6.28. The molecule has 1 unspecified atom stereocenters. The Morgan fingerprint density at radius 2 is 1.56 bits per heavy atom. The minimum atomic E-state index is -0.555. The van der Waals surface area contributed by atoms with Crippen LogP contribution >= 0.6 is 0 Å². The molecule has 0 saturated heterocycles. The van der Waals surface area contributed by atoms with Gasteiger partial charge in [0.25, 0.3) is 0 Å². The van der Waals surface area contributed by atoms with E-state index in [2.05, 4.69) is 27.0 Å². The first-order valence-corrected chi connectivity index (χ1v) is 11.0. The molecule has 3 heteroatoms. The maximum atomic E-state index is 12.7. The maximum Gasteiger partial charge on any atom is 0.341 e. The SMILES string of the molecule is C=C(CC(CC)CCCC)C(=O)OC(=O)C(=C)C12CC3CC(CC(C3)C1)C2. The lowest BCUT2D eigenvalue weighted by Crippen LogP contribution is -2.48. The fourth-order valence-corrected chi connectivity index (χ4v) is 6.29. The molecule has 150 valence electrons. The van der Waals surface area contributed by atoms with E-state index >= 15 is 0 Å². The zero-order chi connectivity index (χ0) is 19.6. The maximum absolute atomic E-state index is 12.7. The molecule has 0 spiro atoms. The summed E-state index contributed by atoms with van der Waals surface area (Å²) in [6.07, 6.45) is 12.1. The van der Waals surface area contributed by atoms with Gasteiger partial charge in [-0.2, -0.15) is 0 Å². The summed E-state index contributed by atoms with van der Waals surface area (Å²) in [6, 6.07) is 0. The topological polar surface area (TPSA) is 43.4 Å². The quantitative estimate of drug-likeness (QED) is 0.283. The van der Waals surface area contributed by atoms with Crippen LogP contribution in [0.2, 0.25) is 0 Å². The fourth-order valence-electron chi connectivity index (χ4n) is 6.29. The molecule has 4 aliphatic rings. The molecule has 4 rings (SSSR count). The van der Waals surface area contributed by atoms with Crippen molar-refractivity contribution >= 4 is 11.9 Å². The minimum absolute atomic E-state index is 0.111. The second-order valence-corrected chi connectivity index (χ2v) is 9.58. The summed E-state index contributed by atoms with van der Waals surface area (Å²) in [5.41, 5.74) is 0.853. The standard InChI is InChI=1S/C24H36O3/c1-5-7-8-18(6-2)9-16(3)22(25)27-23(26)17(4)24-13-19-10-20(14-24)12-21(11-19)15-24/h18-21H,3-15H2,1-2H3. The molecule has 0 amide bonds. The van der Waals surface area contributed by atoms with Crippen molar-refractivity contribution in [1.29, 1.82) is 0 Å². The molecular weight excluding hydrogens is 336 g/mol. The van der Waals surface area contributed by atoms with Crippen molar-refractivity contribution in [1.82, 2.24) is 0 Å². The second-order valence-electron chi connectivity index (χ2n) is 9.58. The van der Waals surface area contributed by atoms with Crippen LogP contribution in [0.4, 0.5) is 0 Å². The highest BCUT2D eigenvalue weighted by Crippen LogP contribution is 2.62. The first-order chi connectivity index (χ1) is 12.9. The summed E-state index contributed by atoms with van der Waals surface area (Å²) in [6.45, 7) is 12.3. The molecule has 0 radical (unpaired) electrons. The van der Waals surface area contributed by atoms with Crippen LogP contribution < -0.4 is 0 Å². The Bertz CT molecular complexity index is 580. The molecule has 0 N–H and O–H groups in total. The average molecular weight is 373 g/mol. The number of rotatable bonds is 9. The molecular formula is C24H36O3. The van der Waals surface area contributed by atoms with Crippen LogP contribution in [0.25, 0.3) is 0 Å². The first-order valence-electron chi connectivity index (χ1n) is 11.0. The van der Waals surface area contributed by atoms with E-state index in [1.807, 2.05) is 0 Å². The Labute approximate surface area is 164 Å². The third kappa shape index (κ3) is 4.38. The summed E-state index contributed by atoms with van der Waals surface area (Å²) in [7, 11) is 0. The highest BCUT2D eigenvalue weighted by Gasteiger charge is 2.53. The predicted octanol–water partition coefficient (Wildman–Crippen LogP) is 5.99. The van der Waals surface area contributed by atoms with Crippen molar-refractivity contribution in [3.63, 3.8) is 0 Å². The third-order valence-corrected chi connectivity index (χ3v) is 7.48. The van der Waals surface area contributed by atoms with Gasteiger partial charge in [-0.3, -0.25) is 0 Å². The molecule has 4 saturated carbocycles. The van der Waals surface area contributed by atoms with Gasteiger partial charge in [0.2, 0.25) is 0 Å². The Hall–Kier alpha value is -1.38. The van der Waals surface area contributed by atoms with Crippen LogP contribution in [0.15, 0.2) is 24.3 Å². The van der Waals surface area contributed by atoms with E-state index in [1.165, 1.54) is 19.3 Å². The summed E-state index contributed by atoms with van der Waals surface area (Å²) < 4.78 is 5.24. The molecule has 4 aliphatic carbocycles. The van der Waals surface area contributed by atoms with E-state index in [1.54, 1.807) is 0 Å². The second kappa shape index (κ2) is 8.32. The zero-order valence-corrected chi connectivity index (χ0v) is 17.2. The summed E-state index contributed by atoms with van der Waals surface area (Å²) in [5, 5.41) is 0. The van der Waals surface area contributed by atoms with Crippen LogP contribution in [0, 0.1) is 29.1 Å². The number of esters is 2. The third-order valence-electron chi connectivity index (χ3n) is 7.48. The van der Waals surface area contributed by atoms with E-state index in [0.29, 0.717) is 23.5 Å². The van der Waals surface area contributed by atoms with Gasteiger partial charge in [-0.05, 0) is 68.6 Å². The fraction of sp³-hybridized carbons (Fsp3) is 0.750. The van der Waals surface area contributed by atoms with Crippen LogP contribution in [0.3, 0.4) is 0 Å². The van der Waals surface area contributed by atoms with E-state index < -0.39 is 11.9 Å². The molecule has 1 atom stereocenters. The van der Waals surface area contributed by atoms with E-state index in [0.717, 1.165) is 62.7 Å². The predicted molar refractivity (Wildman–Crippen MR) is 108 cm³/mol. The van der Waals surface area contributed by atoms with Crippen molar-refractivity contribution in [2.45, 2.75) is 84.5 Å². The van der Waals surface area contributed by atoms with Gasteiger partial charge in [-0.25, -0.2) is 9.59 Å². The lowest BCUT2D eigenvalue weighted by Gasteiger charge is -2.57. The van der Waals surface area contributed by atoms with Gasteiger partial charge < -0.3 is 4.74 Å². The molecule has 0 aromatic rings. The summed E-state index contributed by atoms with van der Waals surface area (Å²) >= 11 is 0. The van der Waals surface area contributed by atoms with Crippen molar-refractivity contribution in [2.75, 3.05) is 0 Å². The van der Waals surface area contributed by atoms with Gasteiger partial charge in [0, 0.05) is 16.6 Å². The highest BCUT2D eigenvalue weighted by atomic mass is 16.6. The normalized spacial score (nSPS) is 32.1. The number of hydrogen-bond donors (Lipinski definition) is 0. The molecule has 0 aromatic heterocycles. The molecule has 4 fully saturated rings. The molecule has 0 aliphatic heterocycles. The average Bonchev–Trinajstić information content (AvgIpc) is 2.63. The number of carbonyl (C=O) groups is 2. The van der Waals surface area contributed by atoms with Gasteiger partial charge >= 0.3 is 11.9 Å². The van der Waals surface area contributed by atoms with Gasteiger partial charge in [-0.15, -0.1) is 0 Å². The van der Waals surface area contributed by atoms with Gasteiger partial charge in [0.1, 0.15) is 0 Å². The Morgan fingerprint density at radius 3 is 2.04 bits per heavy atom.